The number of aromatic nitrogens is 1. The van der Waals surface area contributed by atoms with Gasteiger partial charge in [0.25, 0.3) is 0 Å². The molecule has 4 nitrogen and oxygen atoms in total. The van der Waals surface area contributed by atoms with Crippen LogP contribution in [0.15, 0.2) is 36.5 Å². The van der Waals surface area contributed by atoms with Crippen molar-refractivity contribution in [2.45, 2.75) is 77.3 Å². The number of fused-ring (bicyclic) bond motifs is 5. The number of rotatable bonds is 7. The largest absolute Gasteiger partial charge is 0.467 e. The molecule has 0 saturated heterocycles. The number of methoxy groups -OCH3 is 1. The van der Waals surface area contributed by atoms with Gasteiger partial charge < -0.3 is 14.8 Å². The topological polar surface area (TPSA) is 43.4 Å². The van der Waals surface area contributed by atoms with Crippen LogP contribution in [0.5, 0.6) is 5.75 Å². The third-order valence-electron chi connectivity index (χ3n) is 8.87. The minimum atomic E-state index is 0.325. The van der Waals surface area contributed by atoms with Gasteiger partial charge in [0.1, 0.15) is 5.75 Å². The van der Waals surface area contributed by atoms with Gasteiger partial charge in [-0.15, -0.1) is 0 Å². The molecule has 5 atom stereocenters. The van der Waals surface area contributed by atoms with Gasteiger partial charge in [-0.05, 0) is 103 Å². The summed E-state index contributed by atoms with van der Waals surface area (Å²) in [6, 6.07) is 11.6. The van der Waals surface area contributed by atoms with Crippen LogP contribution in [0.3, 0.4) is 0 Å². The molecule has 0 amide bonds. The van der Waals surface area contributed by atoms with Gasteiger partial charge in [-0.1, -0.05) is 26.0 Å². The molecule has 3 unspecified atom stereocenters. The van der Waals surface area contributed by atoms with Gasteiger partial charge in [0.15, 0.2) is 6.79 Å². The molecule has 0 aliphatic heterocycles. The van der Waals surface area contributed by atoms with Crippen LogP contribution in [-0.2, 0) is 24.1 Å². The molecule has 3 aliphatic carbocycles. The summed E-state index contributed by atoms with van der Waals surface area (Å²) in [5.74, 6) is 3.38. The molecule has 3 aliphatic rings. The highest BCUT2D eigenvalue weighted by Crippen LogP contribution is 2.61. The molecule has 0 spiro atoms. The fourth-order valence-corrected chi connectivity index (χ4v) is 7.24. The Morgan fingerprint density at radius 2 is 2.06 bits per heavy atom. The number of hydrogen-bond donors (Lipinski definition) is 1. The maximum Gasteiger partial charge on any atom is 0.188 e. The minimum Gasteiger partial charge on any atom is -0.467 e. The summed E-state index contributed by atoms with van der Waals surface area (Å²) in [5, 5.41) is 3.91. The van der Waals surface area contributed by atoms with Crippen LogP contribution in [0.1, 0.15) is 74.3 Å². The summed E-state index contributed by atoms with van der Waals surface area (Å²) < 4.78 is 11.1. The second kappa shape index (κ2) is 9.15. The van der Waals surface area contributed by atoms with E-state index >= 15 is 0 Å². The van der Waals surface area contributed by atoms with Gasteiger partial charge in [-0.3, -0.25) is 4.98 Å². The van der Waals surface area contributed by atoms with E-state index in [2.05, 4.69) is 48.4 Å². The maximum absolute atomic E-state index is 5.91. The molecule has 32 heavy (non-hydrogen) atoms. The summed E-state index contributed by atoms with van der Waals surface area (Å²) in [6.45, 7) is 6.01. The Kier molecular flexibility index (Phi) is 6.26. The monoisotopic (exact) mass is 434 g/mol. The average molecular weight is 435 g/mol. The van der Waals surface area contributed by atoms with Crippen molar-refractivity contribution < 1.29 is 9.47 Å². The van der Waals surface area contributed by atoms with Gasteiger partial charge in [0.2, 0.25) is 0 Å². The van der Waals surface area contributed by atoms with Crippen molar-refractivity contribution in [1.82, 2.24) is 10.3 Å². The Hall–Kier alpha value is -1.91. The quantitative estimate of drug-likeness (QED) is 0.573. The molecule has 2 aromatic rings. The number of hydrogen-bond acceptors (Lipinski definition) is 4. The number of pyridine rings is 1. The fourth-order valence-electron chi connectivity index (χ4n) is 7.24. The van der Waals surface area contributed by atoms with Gasteiger partial charge in [-0.2, -0.15) is 0 Å². The number of nitrogens with zero attached hydrogens (tertiary/aromatic N) is 1. The lowest BCUT2D eigenvalue weighted by Gasteiger charge is -2.51. The van der Waals surface area contributed by atoms with E-state index in [9.17, 15) is 0 Å². The first kappa shape index (κ1) is 21.9. The summed E-state index contributed by atoms with van der Waals surface area (Å²) >= 11 is 0. The van der Waals surface area contributed by atoms with E-state index in [0.717, 1.165) is 36.2 Å². The lowest BCUT2D eigenvalue weighted by molar-refractivity contribution is 0.0400. The van der Waals surface area contributed by atoms with Crippen LogP contribution in [0, 0.1) is 17.3 Å². The average Bonchev–Trinajstić information content (AvgIpc) is 3.17. The van der Waals surface area contributed by atoms with Crippen molar-refractivity contribution in [3.63, 3.8) is 0 Å². The summed E-state index contributed by atoms with van der Waals surface area (Å²) in [6.07, 6.45) is 10.7. The van der Waals surface area contributed by atoms with Gasteiger partial charge in [-0.25, -0.2) is 0 Å². The number of ether oxygens (including phenoxy) is 2. The molecular weight excluding hydrogens is 396 g/mol. The Morgan fingerprint density at radius 3 is 2.84 bits per heavy atom. The van der Waals surface area contributed by atoms with E-state index < -0.39 is 0 Å². The highest BCUT2D eigenvalue weighted by atomic mass is 16.7. The molecule has 1 aromatic carbocycles. The normalized spacial score (nSPS) is 31.0. The third-order valence-corrected chi connectivity index (χ3v) is 8.87. The smallest absolute Gasteiger partial charge is 0.188 e. The standard InChI is InChI=1S/C28H38N2O2/c1-4-19-15-24-20(16-26(19)32-18-31-3)8-9-23-22(24)12-13-28(2)25(23)10-11-27(28)30-17-21-7-5-6-14-29-21/h5-7,14-16,22-23,25,27,30H,4,8-13,17-18H2,1-3H3/t22?,23?,25?,27-,28-/m0/s1. The van der Waals surface area contributed by atoms with Gasteiger partial charge in [0.05, 0.1) is 5.69 Å². The lowest BCUT2D eigenvalue weighted by atomic mass is 9.55. The second-order valence-electron chi connectivity index (χ2n) is 10.4. The first-order chi connectivity index (χ1) is 15.6. The molecule has 172 valence electrons. The SMILES string of the molecule is CCc1cc2c(cc1OCOC)CCC1C2CC[C@@]2(C)C1CC[C@@H]2NCc1ccccn1. The van der Waals surface area contributed by atoms with Crippen LogP contribution in [0.2, 0.25) is 0 Å². The van der Waals surface area contributed by atoms with Crippen LogP contribution < -0.4 is 10.1 Å². The highest BCUT2D eigenvalue weighted by Gasteiger charge is 2.54. The molecular formula is C28H38N2O2. The molecule has 0 bridgehead atoms. The minimum absolute atomic E-state index is 0.325. The van der Waals surface area contributed by atoms with E-state index in [4.69, 9.17) is 9.47 Å². The summed E-state index contributed by atoms with van der Waals surface area (Å²) in [7, 11) is 1.69. The molecule has 1 aromatic heterocycles. The number of nitrogens with one attached hydrogen (secondary N) is 1. The zero-order valence-corrected chi connectivity index (χ0v) is 19.9. The van der Waals surface area contributed by atoms with Gasteiger partial charge >= 0.3 is 0 Å². The third kappa shape index (κ3) is 3.86. The molecule has 2 fully saturated rings. The molecule has 1 heterocycles. The lowest BCUT2D eigenvalue weighted by Crippen LogP contribution is -2.48. The zero-order valence-electron chi connectivity index (χ0n) is 19.9. The van der Waals surface area contributed by atoms with Crippen LogP contribution >= 0.6 is 0 Å². The predicted molar refractivity (Wildman–Crippen MR) is 128 cm³/mol. The van der Waals surface area contributed by atoms with Crippen molar-refractivity contribution >= 4 is 0 Å². The molecule has 1 N–H and O–H groups in total. The Balaban J connectivity index is 1.34. The Labute approximate surface area is 193 Å². The first-order valence-electron chi connectivity index (χ1n) is 12.5. The fraction of sp³-hybridized carbons (Fsp3) is 0.607. The van der Waals surface area contributed by atoms with E-state index in [0.29, 0.717) is 24.2 Å². The Bertz CT molecular complexity index is 931. The number of benzene rings is 1. The number of aryl methyl sites for hydroxylation is 2. The van der Waals surface area contributed by atoms with E-state index in [1.165, 1.54) is 49.7 Å². The maximum atomic E-state index is 5.91. The summed E-state index contributed by atoms with van der Waals surface area (Å²) in [4.78, 5) is 4.52. The predicted octanol–water partition coefficient (Wildman–Crippen LogP) is 5.64. The van der Waals surface area contributed by atoms with Crippen molar-refractivity contribution in [1.29, 1.82) is 0 Å². The van der Waals surface area contributed by atoms with Crippen molar-refractivity contribution in [3.8, 4) is 5.75 Å². The van der Waals surface area contributed by atoms with Gasteiger partial charge in [0, 0.05) is 25.9 Å². The van der Waals surface area contributed by atoms with Crippen molar-refractivity contribution in [3.05, 3.63) is 58.9 Å². The van der Waals surface area contributed by atoms with Crippen molar-refractivity contribution in [2.24, 2.45) is 17.3 Å². The molecule has 5 rings (SSSR count). The molecule has 4 heteroatoms. The first-order valence-corrected chi connectivity index (χ1v) is 12.5. The van der Waals surface area contributed by atoms with E-state index in [-0.39, 0.29) is 0 Å². The van der Waals surface area contributed by atoms with Crippen LogP contribution in [-0.4, -0.2) is 24.9 Å². The molecule has 0 radical (unpaired) electrons. The van der Waals surface area contributed by atoms with Crippen molar-refractivity contribution in [2.75, 3.05) is 13.9 Å². The van der Waals surface area contributed by atoms with E-state index in [1.54, 1.807) is 12.7 Å². The zero-order chi connectivity index (χ0) is 22.1. The summed E-state index contributed by atoms with van der Waals surface area (Å²) in [5.41, 5.74) is 6.02. The van der Waals surface area contributed by atoms with E-state index in [1.807, 2.05) is 12.3 Å². The van der Waals surface area contributed by atoms with Crippen LogP contribution in [0.4, 0.5) is 0 Å². The Morgan fingerprint density at radius 1 is 1.16 bits per heavy atom. The van der Waals surface area contributed by atoms with Crippen LogP contribution in [0.25, 0.3) is 0 Å². The highest BCUT2D eigenvalue weighted by molar-refractivity contribution is 5.46. The molecule has 2 saturated carbocycles. The second-order valence-corrected chi connectivity index (χ2v) is 10.4.